The molecule has 1 aromatic heterocycles. The molecule has 1 N–H and O–H groups in total. The number of carbonyl (C=O) groups is 1. The van der Waals surface area contributed by atoms with Crippen LogP contribution in [0, 0.1) is 5.92 Å². The molecular formula is C20H23Cl2N3O2. The minimum atomic E-state index is -0.0545. The van der Waals surface area contributed by atoms with E-state index in [1.165, 1.54) is 19.8 Å². The molecule has 3 rings (SSSR count). The largest absolute Gasteiger partial charge is 0.490 e. The fourth-order valence-electron chi connectivity index (χ4n) is 2.69. The van der Waals surface area contributed by atoms with Gasteiger partial charge in [0.25, 0.3) is 0 Å². The van der Waals surface area contributed by atoms with Crippen LogP contribution in [-0.2, 0) is 11.3 Å². The zero-order chi connectivity index (χ0) is 19.4. The Morgan fingerprint density at radius 2 is 2.11 bits per heavy atom. The van der Waals surface area contributed by atoms with Crippen molar-refractivity contribution in [1.29, 1.82) is 0 Å². The molecule has 0 bridgehead atoms. The standard InChI is InChI=1S/C20H23Cl2N3O2/c1-13(24-14(2)26)3-4-16-9-23-25(10-16)11-17-7-18(21)20(19(22)8-17)27-12-15-5-6-15/h3-4,7-10,13,15H,5-6,11-12H2,1-2H3,(H,24,26)/b4-3+/t13-/m0/s1. The lowest BCUT2D eigenvalue weighted by Crippen LogP contribution is -2.28. The van der Waals surface area contributed by atoms with E-state index in [0.29, 0.717) is 34.9 Å². The van der Waals surface area contributed by atoms with Crippen molar-refractivity contribution in [3.63, 3.8) is 0 Å². The van der Waals surface area contributed by atoms with E-state index in [4.69, 9.17) is 27.9 Å². The van der Waals surface area contributed by atoms with Gasteiger partial charge in [-0.15, -0.1) is 0 Å². The highest BCUT2D eigenvalue weighted by molar-refractivity contribution is 6.37. The molecule has 0 unspecified atom stereocenters. The first kappa shape index (κ1) is 19.8. The predicted octanol–water partition coefficient (Wildman–Crippen LogP) is 4.56. The minimum Gasteiger partial charge on any atom is -0.490 e. The Labute approximate surface area is 169 Å². The van der Waals surface area contributed by atoms with E-state index < -0.39 is 0 Å². The molecule has 0 radical (unpaired) electrons. The molecular weight excluding hydrogens is 385 g/mol. The van der Waals surface area contributed by atoms with Gasteiger partial charge >= 0.3 is 0 Å². The maximum absolute atomic E-state index is 11.0. The van der Waals surface area contributed by atoms with Gasteiger partial charge in [-0.3, -0.25) is 9.48 Å². The molecule has 2 aromatic rings. The SMILES string of the molecule is CC(=O)N[C@@H](C)/C=C/c1cnn(Cc2cc(Cl)c(OCC3CC3)c(Cl)c2)c1. The van der Waals surface area contributed by atoms with E-state index in [2.05, 4.69) is 10.4 Å². The molecule has 0 saturated heterocycles. The van der Waals surface area contributed by atoms with Gasteiger partial charge in [0.2, 0.25) is 5.91 Å². The highest BCUT2D eigenvalue weighted by Crippen LogP contribution is 2.37. The van der Waals surface area contributed by atoms with Gasteiger partial charge in [-0.1, -0.05) is 35.4 Å². The maximum atomic E-state index is 11.0. The number of aromatic nitrogens is 2. The van der Waals surface area contributed by atoms with Crippen LogP contribution >= 0.6 is 23.2 Å². The Bertz CT molecular complexity index is 820. The molecule has 1 fully saturated rings. The van der Waals surface area contributed by atoms with Gasteiger partial charge in [0, 0.05) is 24.7 Å². The van der Waals surface area contributed by atoms with Crippen molar-refractivity contribution in [3.05, 3.63) is 51.8 Å². The Morgan fingerprint density at radius 1 is 1.41 bits per heavy atom. The fraction of sp³-hybridized carbons (Fsp3) is 0.400. The summed E-state index contributed by atoms with van der Waals surface area (Å²) < 4.78 is 7.57. The number of amides is 1. The summed E-state index contributed by atoms with van der Waals surface area (Å²) in [5.74, 6) is 1.15. The summed E-state index contributed by atoms with van der Waals surface area (Å²) in [6.45, 7) is 4.64. The summed E-state index contributed by atoms with van der Waals surface area (Å²) >= 11 is 12.7. The lowest BCUT2D eigenvalue weighted by molar-refractivity contribution is -0.119. The molecule has 1 saturated carbocycles. The second-order valence-corrected chi connectivity index (χ2v) is 7.78. The van der Waals surface area contributed by atoms with E-state index in [1.807, 2.05) is 42.1 Å². The van der Waals surface area contributed by atoms with Crippen molar-refractivity contribution in [2.45, 2.75) is 39.3 Å². The van der Waals surface area contributed by atoms with Crippen LogP contribution in [0.1, 0.15) is 37.8 Å². The van der Waals surface area contributed by atoms with Gasteiger partial charge in [-0.25, -0.2) is 0 Å². The number of hydrogen-bond donors (Lipinski definition) is 1. The number of hydrogen-bond acceptors (Lipinski definition) is 3. The van der Waals surface area contributed by atoms with Gasteiger partial charge in [-0.2, -0.15) is 5.10 Å². The molecule has 1 amide bonds. The number of halogens is 2. The van der Waals surface area contributed by atoms with Crippen molar-refractivity contribution < 1.29 is 9.53 Å². The maximum Gasteiger partial charge on any atom is 0.217 e. The second-order valence-electron chi connectivity index (χ2n) is 6.96. The van der Waals surface area contributed by atoms with Crippen LogP contribution in [-0.4, -0.2) is 28.3 Å². The molecule has 0 aliphatic heterocycles. The quantitative estimate of drug-likeness (QED) is 0.697. The number of carbonyl (C=O) groups excluding carboxylic acids is 1. The minimum absolute atomic E-state index is 0.0355. The van der Waals surface area contributed by atoms with Crippen molar-refractivity contribution >= 4 is 35.2 Å². The van der Waals surface area contributed by atoms with Gasteiger partial charge in [0.1, 0.15) is 0 Å². The van der Waals surface area contributed by atoms with Crippen LogP contribution < -0.4 is 10.1 Å². The number of benzene rings is 1. The molecule has 144 valence electrons. The monoisotopic (exact) mass is 407 g/mol. The lowest BCUT2D eigenvalue weighted by Gasteiger charge is -2.11. The Balaban J connectivity index is 1.62. The first-order valence-corrected chi connectivity index (χ1v) is 9.75. The first-order valence-electron chi connectivity index (χ1n) is 8.99. The first-order chi connectivity index (χ1) is 12.9. The zero-order valence-corrected chi connectivity index (χ0v) is 16.9. The molecule has 5 nitrogen and oxygen atoms in total. The van der Waals surface area contributed by atoms with Crippen molar-refractivity contribution in [1.82, 2.24) is 15.1 Å². The van der Waals surface area contributed by atoms with Crippen LogP contribution in [0.4, 0.5) is 0 Å². The van der Waals surface area contributed by atoms with E-state index >= 15 is 0 Å². The van der Waals surface area contributed by atoms with E-state index in [1.54, 1.807) is 6.20 Å². The van der Waals surface area contributed by atoms with Crippen LogP contribution in [0.15, 0.2) is 30.6 Å². The summed E-state index contributed by atoms with van der Waals surface area (Å²) in [5, 5.41) is 8.21. The summed E-state index contributed by atoms with van der Waals surface area (Å²) in [6, 6.07) is 3.70. The normalized spacial score (nSPS) is 15.1. The highest BCUT2D eigenvalue weighted by Gasteiger charge is 2.23. The van der Waals surface area contributed by atoms with Crippen LogP contribution in [0.5, 0.6) is 5.75 Å². The average molecular weight is 408 g/mol. The van der Waals surface area contributed by atoms with Gasteiger partial charge in [-0.05, 0) is 43.4 Å². The molecule has 1 aliphatic carbocycles. The topological polar surface area (TPSA) is 56.2 Å². The van der Waals surface area contributed by atoms with E-state index in [9.17, 15) is 4.79 Å². The van der Waals surface area contributed by atoms with Crippen molar-refractivity contribution in [2.75, 3.05) is 6.61 Å². The average Bonchev–Trinajstić information content (AvgIpc) is 3.30. The van der Waals surface area contributed by atoms with Gasteiger partial charge in [0.05, 0.1) is 29.4 Å². The van der Waals surface area contributed by atoms with Crippen molar-refractivity contribution in [3.8, 4) is 5.75 Å². The molecule has 27 heavy (non-hydrogen) atoms. The zero-order valence-electron chi connectivity index (χ0n) is 15.4. The number of nitrogens with zero attached hydrogens (tertiary/aromatic N) is 2. The number of ether oxygens (including phenoxy) is 1. The second kappa shape index (κ2) is 8.81. The van der Waals surface area contributed by atoms with Crippen LogP contribution in [0.25, 0.3) is 6.08 Å². The molecule has 1 aliphatic rings. The summed E-state index contributed by atoms with van der Waals surface area (Å²) in [5.41, 5.74) is 1.91. The van der Waals surface area contributed by atoms with Gasteiger partial charge < -0.3 is 10.1 Å². The van der Waals surface area contributed by atoms with Crippen molar-refractivity contribution in [2.24, 2.45) is 5.92 Å². The lowest BCUT2D eigenvalue weighted by atomic mass is 10.2. The number of rotatable bonds is 8. The molecule has 0 spiro atoms. The fourth-order valence-corrected chi connectivity index (χ4v) is 3.33. The Hall–Kier alpha value is -1.98. The van der Waals surface area contributed by atoms with E-state index in [0.717, 1.165) is 11.1 Å². The Morgan fingerprint density at radius 3 is 2.74 bits per heavy atom. The molecule has 1 aromatic carbocycles. The number of nitrogens with one attached hydrogen (secondary N) is 1. The Kier molecular flexibility index (Phi) is 6.45. The molecule has 1 atom stereocenters. The summed E-state index contributed by atoms with van der Waals surface area (Å²) in [4.78, 5) is 11.0. The third-order valence-electron chi connectivity index (χ3n) is 4.22. The predicted molar refractivity (Wildman–Crippen MR) is 108 cm³/mol. The highest BCUT2D eigenvalue weighted by atomic mass is 35.5. The smallest absolute Gasteiger partial charge is 0.217 e. The van der Waals surface area contributed by atoms with Crippen LogP contribution in [0.3, 0.4) is 0 Å². The summed E-state index contributed by atoms with van der Waals surface area (Å²) in [7, 11) is 0. The van der Waals surface area contributed by atoms with E-state index in [-0.39, 0.29) is 11.9 Å². The summed E-state index contributed by atoms with van der Waals surface area (Å²) in [6.07, 6.45) is 9.98. The third-order valence-corrected chi connectivity index (χ3v) is 4.79. The molecule has 7 heteroatoms. The van der Waals surface area contributed by atoms with Crippen LogP contribution in [0.2, 0.25) is 10.0 Å². The van der Waals surface area contributed by atoms with Gasteiger partial charge in [0.15, 0.2) is 5.75 Å². The third kappa shape index (κ3) is 6.01. The molecule has 1 heterocycles.